The van der Waals surface area contributed by atoms with Gasteiger partial charge in [-0.2, -0.15) is 5.10 Å². The monoisotopic (exact) mass is 306 g/mol. The Morgan fingerprint density at radius 1 is 1.36 bits per heavy atom. The summed E-state index contributed by atoms with van der Waals surface area (Å²) in [6.07, 6.45) is 8.36. The number of rotatable bonds is 3. The Balaban J connectivity index is 1.91. The highest BCUT2D eigenvalue weighted by atomic mass is 16.2. The van der Waals surface area contributed by atoms with Crippen LogP contribution in [-0.2, 0) is 6.42 Å². The minimum Gasteiger partial charge on any atom is -0.324 e. The van der Waals surface area contributed by atoms with Gasteiger partial charge in [0.1, 0.15) is 0 Å². The number of carbonyl (C=O) groups excluding carboxylic acids is 1. The summed E-state index contributed by atoms with van der Waals surface area (Å²) in [7, 11) is 1.89. The first-order valence-corrected chi connectivity index (χ1v) is 8.38. The van der Waals surface area contributed by atoms with Crippen LogP contribution in [0.5, 0.6) is 0 Å². The molecule has 5 heteroatoms. The minimum absolute atomic E-state index is 0.134. The molecule has 5 nitrogen and oxygen atoms in total. The van der Waals surface area contributed by atoms with Gasteiger partial charge >= 0.3 is 6.03 Å². The third-order valence-corrected chi connectivity index (χ3v) is 4.60. The van der Waals surface area contributed by atoms with Crippen LogP contribution in [0.15, 0.2) is 12.4 Å². The lowest BCUT2D eigenvalue weighted by molar-refractivity contribution is 0.110. The number of urea groups is 1. The van der Waals surface area contributed by atoms with E-state index in [1.54, 1.807) is 0 Å². The molecule has 2 amide bonds. The predicted molar refractivity (Wildman–Crippen MR) is 89.0 cm³/mol. The van der Waals surface area contributed by atoms with Crippen LogP contribution in [0.2, 0.25) is 0 Å². The van der Waals surface area contributed by atoms with Gasteiger partial charge in [-0.3, -0.25) is 4.68 Å². The lowest BCUT2D eigenvalue weighted by Gasteiger charge is -2.39. The van der Waals surface area contributed by atoms with Crippen LogP contribution in [-0.4, -0.2) is 51.3 Å². The number of hydrogen-bond donors (Lipinski definition) is 0. The summed E-state index contributed by atoms with van der Waals surface area (Å²) >= 11 is 0. The minimum atomic E-state index is -0.134. The van der Waals surface area contributed by atoms with E-state index in [-0.39, 0.29) is 11.6 Å². The Kier molecular flexibility index (Phi) is 5.14. The number of amides is 2. The molecular weight excluding hydrogens is 276 g/mol. The molecule has 0 N–H and O–H groups in total. The Labute approximate surface area is 134 Å². The lowest BCUT2D eigenvalue weighted by atomic mass is 10.0. The molecule has 1 aromatic heterocycles. The van der Waals surface area contributed by atoms with E-state index in [2.05, 4.69) is 43.7 Å². The Morgan fingerprint density at radius 3 is 2.55 bits per heavy atom. The van der Waals surface area contributed by atoms with E-state index in [1.165, 1.54) is 5.56 Å². The van der Waals surface area contributed by atoms with E-state index in [0.717, 1.165) is 38.8 Å². The number of likely N-dealkylation sites (tertiary alicyclic amines) is 1. The smallest absolute Gasteiger partial charge is 0.320 e. The van der Waals surface area contributed by atoms with Gasteiger partial charge < -0.3 is 9.80 Å². The molecule has 0 atom stereocenters. The molecule has 2 heterocycles. The van der Waals surface area contributed by atoms with Gasteiger partial charge in [-0.1, -0.05) is 13.3 Å². The molecule has 0 spiro atoms. The Hall–Kier alpha value is -1.52. The highest BCUT2D eigenvalue weighted by molar-refractivity contribution is 5.75. The number of carbonyl (C=O) groups is 1. The van der Waals surface area contributed by atoms with Crippen LogP contribution < -0.4 is 0 Å². The number of piperidine rings is 1. The average Bonchev–Trinajstić information content (AvgIpc) is 2.94. The molecule has 0 aromatic carbocycles. The zero-order valence-corrected chi connectivity index (χ0v) is 14.7. The molecule has 0 saturated carbocycles. The normalized spacial score (nSPS) is 16.9. The maximum atomic E-state index is 12.5. The maximum absolute atomic E-state index is 12.5. The largest absolute Gasteiger partial charge is 0.324 e. The molecule has 2 rings (SSSR count). The fraction of sp³-hybridized carbons (Fsp3) is 0.765. The molecule has 1 aliphatic heterocycles. The average molecular weight is 306 g/mol. The third kappa shape index (κ3) is 3.81. The van der Waals surface area contributed by atoms with E-state index < -0.39 is 0 Å². The molecule has 0 radical (unpaired) electrons. The van der Waals surface area contributed by atoms with Crippen LogP contribution in [0.3, 0.4) is 0 Å². The number of aromatic nitrogens is 2. The Bertz CT molecular complexity index is 495. The second-order valence-corrected chi connectivity index (χ2v) is 7.31. The third-order valence-electron chi connectivity index (χ3n) is 4.60. The fourth-order valence-electron chi connectivity index (χ4n) is 2.82. The quantitative estimate of drug-likeness (QED) is 0.859. The summed E-state index contributed by atoms with van der Waals surface area (Å²) in [6, 6.07) is 0.563. The Morgan fingerprint density at radius 2 is 2.00 bits per heavy atom. The van der Waals surface area contributed by atoms with E-state index in [1.807, 2.05) is 23.0 Å². The molecule has 0 bridgehead atoms. The van der Waals surface area contributed by atoms with Crippen molar-refractivity contribution < 1.29 is 4.79 Å². The van der Waals surface area contributed by atoms with Crippen molar-refractivity contribution in [2.24, 2.45) is 0 Å². The molecule has 1 aromatic rings. The summed E-state index contributed by atoms with van der Waals surface area (Å²) in [6.45, 7) is 10.0. The first-order chi connectivity index (χ1) is 10.3. The fourth-order valence-corrected chi connectivity index (χ4v) is 2.82. The van der Waals surface area contributed by atoms with Crippen LogP contribution in [0.1, 0.15) is 58.6 Å². The van der Waals surface area contributed by atoms with Gasteiger partial charge in [0.15, 0.2) is 0 Å². The molecule has 1 fully saturated rings. The van der Waals surface area contributed by atoms with Crippen molar-refractivity contribution in [3.63, 3.8) is 0 Å². The summed E-state index contributed by atoms with van der Waals surface area (Å²) in [5.74, 6) is 0. The van der Waals surface area contributed by atoms with Crippen molar-refractivity contribution >= 4 is 6.03 Å². The van der Waals surface area contributed by atoms with Gasteiger partial charge in [0.2, 0.25) is 0 Å². The van der Waals surface area contributed by atoms with Crippen molar-refractivity contribution in [3.05, 3.63) is 18.0 Å². The van der Waals surface area contributed by atoms with E-state index in [0.29, 0.717) is 6.04 Å². The second kappa shape index (κ2) is 6.71. The van der Waals surface area contributed by atoms with Gasteiger partial charge in [-0.05, 0) is 45.6 Å². The standard InChI is InChI=1S/C17H30N4O/c1-6-7-14-12-18-21(13-14)15-8-10-20(11-9-15)16(22)19(5)17(2,3)4/h12-13,15H,6-11H2,1-5H3. The van der Waals surface area contributed by atoms with Crippen molar-refractivity contribution in [2.75, 3.05) is 20.1 Å². The van der Waals surface area contributed by atoms with Crippen molar-refractivity contribution in [1.82, 2.24) is 19.6 Å². The first-order valence-electron chi connectivity index (χ1n) is 8.38. The number of hydrogen-bond acceptors (Lipinski definition) is 2. The summed E-state index contributed by atoms with van der Waals surface area (Å²) in [4.78, 5) is 16.3. The van der Waals surface area contributed by atoms with Gasteiger partial charge in [-0.15, -0.1) is 0 Å². The number of aryl methyl sites for hydroxylation is 1. The van der Waals surface area contributed by atoms with Crippen molar-refractivity contribution in [1.29, 1.82) is 0 Å². The number of nitrogens with zero attached hydrogens (tertiary/aromatic N) is 4. The molecular formula is C17H30N4O. The lowest BCUT2D eigenvalue weighted by Crippen LogP contribution is -2.51. The van der Waals surface area contributed by atoms with Crippen LogP contribution >= 0.6 is 0 Å². The topological polar surface area (TPSA) is 41.4 Å². The predicted octanol–water partition coefficient (Wildman–Crippen LogP) is 3.32. The van der Waals surface area contributed by atoms with Crippen molar-refractivity contribution in [2.45, 2.75) is 65.0 Å². The summed E-state index contributed by atoms with van der Waals surface area (Å²) in [5, 5.41) is 4.51. The molecule has 124 valence electrons. The van der Waals surface area contributed by atoms with Crippen LogP contribution in [0.4, 0.5) is 4.79 Å². The maximum Gasteiger partial charge on any atom is 0.320 e. The highest BCUT2D eigenvalue weighted by Crippen LogP contribution is 2.24. The van der Waals surface area contributed by atoms with Crippen LogP contribution in [0.25, 0.3) is 0 Å². The van der Waals surface area contributed by atoms with Crippen molar-refractivity contribution in [3.8, 4) is 0 Å². The summed E-state index contributed by atoms with van der Waals surface area (Å²) in [5.41, 5.74) is 1.18. The van der Waals surface area contributed by atoms with Crippen LogP contribution in [0, 0.1) is 0 Å². The van der Waals surface area contributed by atoms with E-state index >= 15 is 0 Å². The molecule has 1 saturated heterocycles. The summed E-state index contributed by atoms with van der Waals surface area (Å²) < 4.78 is 2.10. The highest BCUT2D eigenvalue weighted by Gasteiger charge is 2.30. The van der Waals surface area contributed by atoms with Gasteiger partial charge in [0.25, 0.3) is 0 Å². The molecule has 1 aliphatic rings. The van der Waals surface area contributed by atoms with Gasteiger partial charge in [0.05, 0.1) is 12.2 Å². The first kappa shape index (κ1) is 16.8. The van der Waals surface area contributed by atoms with Gasteiger partial charge in [-0.25, -0.2) is 4.79 Å². The molecule has 0 unspecified atom stereocenters. The SMILES string of the molecule is CCCc1cnn(C2CCN(C(=O)N(C)C(C)(C)C)CC2)c1. The molecule has 22 heavy (non-hydrogen) atoms. The van der Waals surface area contributed by atoms with Gasteiger partial charge in [0, 0.05) is 31.9 Å². The molecule has 0 aliphatic carbocycles. The van der Waals surface area contributed by atoms with E-state index in [9.17, 15) is 4.79 Å². The van der Waals surface area contributed by atoms with E-state index in [4.69, 9.17) is 0 Å². The zero-order valence-electron chi connectivity index (χ0n) is 14.7. The second-order valence-electron chi connectivity index (χ2n) is 7.31. The zero-order chi connectivity index (χ0) is 16.3.